The molecule has 0 spiro atoms. The molecule has 0 unspecified atom stereocenters. The van der Waals surface area contributed by atoms with Crippen molar-refractivity contribution in [3.05, 3.63) is 41.5 Å². The topological polar surface area (TPSA) is 69.1 Å². The summed E-state index contributed by atoms with van der Waals surface area (Å²) in [4.78, 5) is 10.5. The molecule has 14 heavy (non-hydrogen) atoms. The van der Waals surface area contributed by atoms with Crippen LogP contribution in [0.4, 0.5) is 0 Å². The van der Waals surface area contributed by atoms with E-state index in [9.17, 15) is 4.79 Å². The highest BCUT2D eigenvalue weighted by Crippen LogP contribution is 2.07. The minimum Gasteiger partial charge on any atom is -0.366 e. The van der Waals surface area contributed by atoms with Crippen molar-refractivity contribution in [1.82, 2.24) is 0 Å². The van der Waals surface area contributed by atoms with E-state index in [1.807, 2.05) is 24.3 Å². The van der Waals surface area contributed by atoms with E-state index in [0.29, 0.717) is 6.54 Å². The van der Waals surface area contributed by atoms with E-state index in [-0.39, 0.29) is 0 Å². The average Bonchev–Trinajstić information content (AvgIpc) is 2.16. The van der Waals surface area contributed by atoms with Crippen molar-refractivity contribution in [2.75, 3.05) is 6.54 Å². The van der Waals surface area contributed by atoms with Gasteiger partial charge in [0.05, 0.1) is 0 Å². The van der Waals surface area contributed by atoms with Gasteiger partial charge in [0.25, 0.3) is 0 Å². The third kappa shape index (κ3) is 3.41. The Kier molecular flexibility index (Phi) is 3.88. The quantitative estimate of drug-likeness (QED) is 0.686. The normalized spacial score (nSPS) is 10.6. The number of primary amides is 1. The lowest BCUT2D eigenvalue weighted by molar-refractivity contribution is -0.113. The Morgan fingerprint density at radius 1 is 1.43 bits per heavy atom. The molecule has 3 nitrogen and oxygen atoms in total. The molecule has 1 amide bonds. The molecule has 74 valence electrons. The first kappa shape index (κ1) is 10.5. The number of benzene rings is 1. The van der Waals surface area contributed by atoms with Gasteiger partial charge in [-0.2, -0.15) is 0 Å². The predicted octanol–water partition coefficient (Wildman–Crippen LogP) is 0.686. The zero-order valence-corrected chi connectivity index (χ0v) is 7.94. The Hall–Kier alpha value is -1.61. The molecule has 0 aliphatic rings. The van der Waals surface area contributed by atoms with Crippen LogP contribution in [0.25, 0.3) is 6.08 Å². The van der Waals surface area contributed by atoms with Crippen molar-refractivity contribution >= 4 is 12.0 Å². The highest BCUT2D eigenvalue weighted by molar-refractivity contribution is 5.90. The van der Waals surface area contributed by atoms with Gasteiger partial charge >= 0.3 is 0 Å². The third-order valence-corrected chi connectivity index (χ3v) is 1.82. The summed E-state index contributed by atoms with van der Waals surface area (Å²) < 4.78 is 0. The van der Waals surface area contributed by atoms with Gasteiger partial charge in [0.2, 0.25) is 5.91 Å². The highest BCUT2D eigenvalue weighted by atomic mass is 16.1. The van der Waals surface area contributed by atoms with Crippen molar-refractivity contribution in [1.29, 1.82) is 0 Å². The fourth-order valence-corrected chi connectivity index (χ4v) is 1.20. The summed E-state index contributed by atoms with van der Waals surface area (Å²) in [5.41, 5.74) is 12.6. The van der Waals surface area contributed by atoms with E-state index in [1.165, 1.54) is 11.6 Å². The fourth-order valence-electron chi connectivity index (χ4n) is 1.20. The monoisotopic (exact) mass is 190 g/mol. The van der Waals surface area contributed by atoms with E-state index in [2.05, 4.69) is 0 Å². The van der Waals surface area contributed by atoms with Crippen LogP contribution in [0.3, 0.4) is 0 Å². The van der Waals surface area contributed by atoms with Crippen LogP contribution in [-0.4, -0.2) is 12.5 Å². The second-order valence-corrected chi connectivity index (χ2v) is 3.02. The lowest BCUT2D eigenvalue weighted by atomic mass is 10.1. The molecule has 4 N–H and O–H groups in total. The summed E-state index contributed by atoms with van der Waals surface area (Å²) in [5, 5.41) is 0. The number of carbonyl (C=O) groups excluding carboxylic acids is 1. The van der Waals surface area contributed by atoms with Gasteiger partial charge in [-0.1, -0.05) is 24.3 Å². The largest absolute Gasteiger partial charge is 0.366 e. The molecule has 0 aliphatic carbocycles. The van der Waals surface area contributed by atoms with Gasteiger partial charge in [0.1, 0.15) is 0 Å². The van der Waals surface area contributed by atoms with Crippen molar-refractivity contribution < 1.29 is 4.79 Å². The second kappa shape index (κ2) is 5.19. The molecule has 0 atom stereocenters. The lowest BCUT2D eigenvalue weighted by Gasteiger charge is -1.99. The number of hydrogen-bond donors (Lipinski definition) is 2. The van der Waals surface area contributed by atoms with Gasteiger partial charge in [-0.15, -0.1) is 0 Å². The van der Waals surface area contributed by atoms with E-state index in [1.54, 1.807) is 6.08 Å². The van der Waals surface area contributed by atoms with Crippen molar-refractivity contribution in [3.63, 3.8) is 0 Å². The third-order valence-electron chi connectivity index (χ3n) is 1.82. The summed E-state index contributed by atoms with van der Waals surface area (Å²) in [7, 11) is 0. The molecule has 1 aromatic rings. The summed E-state index contributed by atoms with van der Waals surface area (Å²) in [6.07, 6.45) is 3.89. The SMILES string of the molecule is NCCc1cccc(C=CC(N)=O)c1. The van der Waals surface area contributed by atoms with Gasteiger partial charge in [0.15, 0.2) is 0 Å². The molecule has 0 saturated heterocycles. The number of amides is 1. The molecule has 0 bridgehead atoms. The standard InChI is InChI=1S/C11H14N2O/c12-7-6-10-3-1-2-9(8-10)4-5-11(13)14/h1-5,8H,6-7,12H2,(H2,13,14). The zero-order chi connectivity index (χ0) is 10.4. The van der Waals surface area contributed by atoms with E-state index < -0.39 is 5.91 Å². The minimum atomic E-state index is -0.436. The predicted molar refractivity (Wildman–Crippen MR) is 57.4 cm³/mol. The Morgan fingerprint density at radius 2 is 2.21 bits per heavy atom. The molecular weight excluding hydrogens is 176 g/mol. The van der Waals surface area contributed by atoms with Gasteiger partial charge in [0, 0.05) is 6.08 Å². The summed E-state index contributed by atoms with van der Waals surface area (Å²) in [6.45, 7) is 0.628. The Labute approximate surface area is 83.4 Å². The average molecular weight is 190 g/mol. The lowest BCUT2D eigenvalue weighted by Crippen LogP contribution is -2.05. The van der Waals surface area contributed by atoms with E-state index in [0.717, 1.165) is 12.0 Å². The molecule has 0 heterocycles. The second-order valence-electron chi connectivity index (χ2n) is 3.02. The van der Waals surface area contributed by atoms with E-state index >= 15 is 0 Å². The molecule has 0 aromatic heterocycles. The van der Waals surface area contributed by atoms with Crippen LogP contribution in [0.15, 0.2) is 30.3 Å². The van der Waals surface area contributed by atoms with Crippen molar-refractivity contribution in [2.45, 2.75) is 6.42 Å². The molecule has 0 radical (unpaired) electrons. The Morgan fingerprint density at radius 3 is 2.86 bits per heavy atom. The van der Waals surface area contributed by atoms with Gasteiger partial charge < -0.3 is 11.5 Å². The number of nitrogens with two attached hydrogens (primary N) is 2. The molecule has 0 saturated carbocycles. The van der Waals surface area contributed by atoms with Crippen LogP contribution in [-0.2, 0) is 11.2 Å². The van der Waals surface area contributed by atoms with Gasteiger partial charge in [-0.05, 0) is 30.2 Å². The smallest absolute Gasteiger partial charge is 0.241 e. The number of rotatable bonds is 4. The van der Waals surface area contributed by atoms with Gasteiger partial charge in [-0.3, -0.25) is 4.79 Å². The van der Waals surface area contributed by atoms with Crippen LogP contribution >= 0.6 is 0 Å². The maximum absolute atomic E-state index is 10.5. The first-order valence-corrected chi connectivity index (χ1v) is 4.49. The summed E-state index contributed by atoms with van der Waals surface area (Å²) in [5.74, 6) is -0.436. The van der Waals surface area contributed by atoms with Crippen LogP contribution in [0.2, 0.25) is 0 Å². The summed E-state index contributed by atoms with van der Waals surface area (Å²) >= 11 is 0. The van der Waals surface area contributed by atoms with Crippen LogP contribution in [0.5, 0.6) is 0 Å². The molecular formula is C11H14N2O. The first-order chi connectivity index (χ1) is 6.72. The zero-order valence-electron chi connectivity index (χ0n) is 7.94. The maximum atomic E-state index is 10.5. The molecule has 0 fully saturated rings. The van der Waals surface area contributed by atoms with Crippen LogP contribution < -0.4 is 11.5 Å². The Bertz CT molecular complexity index is 345. The highest BCUT2D eigenvalue weighted by Gasteiger charge is 1.92. The molecule has 0 aliphatic heterocycles. The fraction of sp³-hybridized carbons (Fsp3) is 0.182. The molecule has 1 aromatic carbocycles. The molecule has 1 rings (SSSR count). The van der Waals surface area contributed by atoms with Crippen molar-refractivity contribution in [2.24, 2.45) is 11.5 Å². The minimum absolute atomic E-state index is 0.436. The van der Waals surface area contributed by atoms with E-state index in [4.69, 9.17) is 11.5 Å². The van der Waals surface area contributed by atoms with Crippen LogP contribution in [0, 0.1) is 0 Å². The summed E-state index contributed by atoms with van der Waals surface area (Å²) in [6, 6.07) is 7.85. The van der Waals surface area contributed by atoms with Crippen molar-refractivity contribution in [3.8, 4) is 0 Å². The number of hydrogen-bond acceptors (Lipinski definition) is 2. The number of carbonyl (C=O) groups is 1. The van der Waals surface area contributed by atoms with Crippen LogP contribution in [0.1, 0.15) is 11.1 Å². The maximum Gasteiger partial charge on any atom is 0.241 e. The van der Waals surface area contributed by atoms with Gasteiger partial charge in [-0.25, -0.2) is 0 Å². The first-order valence-electron chi connectivity index (χ1n) is 4.49. The molecule has 3 heteroatoms. The Balaban J connectivity index is 2.77.